The highest BCUT2D eigenvalue weighted by Crippen LogP contribution is 2.14. The number of piperidine rings is 1. The van der Waals surface area contributed by atoms with Gasteiger partial charge in [-0.15, -0.1) is 0 Å². The molecule has 0 bridgehead atoms. The summed E-state index contributed by atoms with van der Waals surface area (Å²) in [5.41, 5.74) is 0. The molecule has 0 spiro atoms. The quantitative estimate of drug-likeness (QED) is 0.648. The van der Waals surface area contributed by atoms with E-state index in [9.17, 15) is 4.79 Å². The molecule has 1 atom stereocenters. The van der Waals surface area contributed by atoms with Gasteiger partial charge in [-0.2, -0.15) is 0 Å². The Balaban J connectivity index is 2.46. The van der Waals surface area contributed by atoms with Crippen LogP contribution in [0.25, 0.3) is 0 Å². The fourth-order valence-corrected chi connectivity index (χ4v) is 1.70. The maximum absolute atomic E-state index is 11.6. The molecule has 0 saturated carbocycles. The van der Waals surface area contributed by atoms with Crippen LogP contribution in [-0.2, 0) is 9.53 Å². The topological polar surface area (TPSA) is 29.5 Å². The SMILES string of the molecule is CO[C@H]1CCCN(C(=O)C(C)C)C1. The van der Waals surface area contributed by atoms with Crippen LogP contribution in [0, 0.1) is 5.92 Å². The number of rotatable bonds is 2. The summed E-state index contributed by atoms with van der Waals surface area (Å²) in [6, 6.07) is 0. The van der Waals surface area contributed by atoms with E-state index in [1.165, 1.54) is 0 Å². The molecule has 13 heavy (non-hydrogen) atoms. The Morgan fingerprint density at radius 2 is 2.23 bits per heavy atom. The summed E-state index contributed by atoms with van der Waals surface area (Å²) in [4.78, 5) is 13.5. The molecule has 0 aromatic rings. The van der Waals surface area contributed by atoms with E-state index in [-0.39, 0.29) is 17.9 Å². The second kappa shape index (κ2) is 4.61. The maximum Gasteiger partial charge on any atom is 0.225 e. The fourth-order valence-electron chi connectivity index (χ4n) is 1.70. The first-order valence-corrected chi connectivity index (χ1v) is 4.96. The molecule has 0 aromatic heterocycles. The molecule has 0 N–H and O–H groups in total. The Morgan fingerprint density at radius 1 is 1.54 bits per heavy atom. The zero-order valence-corrected chi connectivity index (χ0v) is 8.75. The van der Waals surface area contributed by atoms with Gasteiger partial charge in [0.1, 0.15) is 0 Å². The smallest absolute Gasteiger partial charge is 0.225 e. The molecule has 0 radical (unpaired) electrons. The summed E-state index contributed by atoms with van der Waals surface area (Å²) >= 11 is 0. The van der Waals surface area contributed by atoms with E-state index in [0.29, 0.717) is 0 Å². The molecule has 1 aliphatic rings. The first-order valence-electron chi connectivity index (χ1n) is 4.96. The highest BCUT2D eigenvalue weighted by atomic mass is 16.5. The van der Waals surface area contributed by atoms with Crippen LogP contribution in [0.1, 0.15) is 26.7 Å². The predicted octanol–water partition coefficient (Wildman–Crippen LogP) is 1.28. The van der Waals surface area contributed by atoms with Gasteiger partial charge >= 0.3 is 0 Å². The zero-order chi connectivity index (χ0) is 9.84. The summed E-state index contributed by atoms with van der Waals surface area (Å²) in [6.07, 6.45) is 2.39. The van der Waals surface area contributed by atoms with Crippen LogP contribution >= 0.6 is 0 Å². The minimum absolute atomic E-state index is 0.107. The number of amides is 1. The molecule has 1 saturated heterocycles. The fraction of sp³-hybridized carbons (Fsp3) is 0.900. The Kier molecular flexibility index (Phi) is 3.72. The average molecular weight is 185 g/mol. The van der Waals surface area contributed by atoms with Gasteiger partial charge in [0.2, 0.25) is 5.91 Å². The van der Waals surface area contributed by atoms with Crippen LogP contribution in [-0.4, -0.2) is 37.1 Å². The predicted molar refractivity (Wildman–Crippen MR) is 51.4 cm³/mol. The van der Waals surface area contributed by atoms with Crippen LogP contribution in [0.15, 0.2) is 0 Å². The van der Waals surface area contributed by atoms with E-state index in [2.05, 4.69) is 0 Å². The number of likely N-dealkylation sites (tertiary alicyclic amines) is 1. The van der Waals surface area contributed by atoms with Gasteiger partial charge in [-0.05, 0) is 12.8 Å². The number of carbonyl (C=O) groups is 1. The summed E-state index contributed by atoms with van der Waals surface area (Å²) in [5, 5.41) is 0. The van der Waals surface area contributed by atoms with E-state index in [1.54, 1.807) is 7.11 Å². The van der Waals surface area contributed by atoms with Crippen molar-refractivity contribution in [1.82, 2.24) is 4.90 Å². The van der Waals surface area contributed by atoms with Gasteiger partial charge < -0.3 is 9.64 Å². The van der Waals surface area contributed by atoms with Gasteiger partial charge in [-0.1, -0.05) is 13.8 Å². The van der Waals surface area contributed by atoms with Gasteiger partial charge in [0, 0.05) is 26.1 Å². The number of ether oxygens (including phenoxy) is 1. The lowest BCUT2D eigenvalue weighted by atomic mass is 10.1. The minimum Gasteiger partial charge on any atom is -0.380 e. The van der Waals surface area contributed by atoms with Crippen LogP contribution in [0.2, 0.25) is 0 Å². The van der Waals surface area contributed by atoms with Gasteiger partial charge in [0.25, 0.3) is 0 Å². The zero-order valence-electron chi connectivity index (χ0n) is 8.75. The van der Waals surface area contributed by atoms with Crippen LogP contribution < -0.4 is 0 Å². The Hall–Kier alpha value is -0.570. The lowest BCUT2D eigenvalue weighted by Gasteiger charge is -2.33. The molecule has 1 amide bonds. The Bertz CT molecular complexity index is 180. The van der Waals surface area contributed by atoms with Crippen molar-refractivity contribution in [2.24, 2.45) is 5.92 Å². The molecule has 76 valence electrons. The number of methoxy groups -OCH3 is 1. The maximum atomic E-state index is 11.6. The van der Waals surface area contributed by atoms with Crippen molar-refractivity contribution < 1.29 is 9.53 Å². The average Bonchev–Trinajstić information content (AvgIpc) is 2.16. The third-order valence-corrected chi connectivity index (χ3v) is 2.52. The van der Waals surface area contributed by atoms with E-state index in [0.717, 1.165) is 25.9 Å². The van der Waals surface area contributed by atoms with Crippen molar-refractivity contribution >= 4 is 5.91 Å². The van der Waals surface area contributed by atoms with Crippen molar-refractivity contribution in [2.45, 2.75) is 32.8 Å². The third-order valence-electron chi connectivity index (χ3n) is 2.52. The van der Waals surface area contributed by atoms with Gasteiger partial charge in [-0.3, -0.25) is 4.79 Å². The Labute approximate surface area is 80.1 Å². The van der Waals surface area contributed by atoms with Gasteiger partial charge in [-0.25, -0.2) is 0 Å². The molecule has 3 nitrogen and oxygen atoms in total. The molecular formula is C10H19NO2. The number of nitrogens with zero attached hydrogens (tertiary/aromatic N) is 1. The van der Waals surface area contributed by atoms with E-state index >= 15 is 0 Å². The molecular weight excluding hydrogens is 166 g/mol. The van der Waals surface area contributed by atoms with Crippen LogP contribution in [0.4, 0.5) is 0 Å². The minimum atomic E-state index is 0.107. The first kappa shape index (κ1) is 10.5. The van der Waals surface area contributed by atoms with Gasteiger partial charge in [0.15, 0.2) is 0 Å². The largest absolute Gasteiger partial charge is 0.380 e. The van der Waals surface area contributed by atoms with Crippen molar-refractivity contribution in [2.75, 3.05) is 20.2 Å². The van der Waals surface area contributed by atoms with Gasteiger partial charge in [0.05, 0.1) is 6.10 Å². The summed E-state index contributed by atoms with van der Waals surface area (Å²) < 4.78 is 5.26. The van der Waals surface area contributed by atoms with E-state index in [1.807, 2.05) is 18.7 Å². The summed E-state index contributed by atoms with van der Waals surface area (Å²) in [6.45, 7) is 5.56. The molecule has 1 fully saturated rings. The summed E-state index contributed by atoms with van der Waals surface area (Å²) in [7, 11) is 1.72. The molecule has 0 aliphatic carbocycles. The second-order valence-electron chi connectivity index (χ2n) is 3.94. The molecule has 0 aromatic carbocycles. The van der Waals surface area contributed by atoms with E-state index < -0.39 is 0 Å². The number of hydrogen-bond donors (Lipinski definition) is 0. The number of carbonyl (C=O) groups excluding carboxylic acids is 1. The monoisotopic (exact) mass is 185 g/mol. The standard InChI is InChI=1S/C10H19NO2/c1-8(2)10(12)11-6-4-5-9(7-11)13-3/h8-9H,4-7H2,1-3H3/t9-/m0/s1. The van der Waals surface area contributed by atoms with E-state index in [4.69, 9.17) is 4.74 Å². The van der Waals surface area contributed by atoms with Crippen LogP contribution in [0.5, 0.6) is 0 Å². The third kappa shape index (κ3) is 2.69. The first-order chi connectivity index (χ1) is 6.15. The molecule has 1 heterocycles. The Morgan fingerprint density at radius 3 is 2.77 bits per heavy atom. The summed E-state index contributed by atoms with van der Waals surface area (Å²) in [5.74, 6) is 0.359. The van der Waals surface area contributed by atoms with Crippen LogP contribution in [0.3, 0.4) is 0 Å². The van der Waals surface area contributed by atoms with Crippen molar-refractivity contribution in [3.05, 3.63) is 0 Å². The molecule has 1 aliphatic heterocycles. The van der Waals surface area contributed by atoms with Crippen molar-refractivity contribution in [3.8, 4) is 0 Å². The molecule has 3 heteroatoms. The lowest BCUT2D eigenvalue weighted by molar-refractivity contribution is -0.138. The van der Waals surface area contributed by atoms with Crippen molar-refractivity contribution in [1.29, 1.82) is 0 Å². The number of hydrogen-bond acceptors (Lipinski definition) is 2. The van der Waals surface area contributed by atoms with Crippen molar-refractivity contribution in [3.63, 3.8) is 0 Å². The highest BCUT2D eigenvalue weighted by Gasteiger charge is 2.24. The molecule has 1 rings (SSSR count). The second-order valence-corrected chi connectivity index (χ2v) is 3.94. The molecule has 0 unspecified atom stereocenters. The normalized spacial score (nSPS) is 23.7. The highest BCUT2D eigenvalue weighted by molar-refractivity contribution is 5.78. The lowest BCUT2D eigenvalue weighted by Crippen LogP contribution is -2.44.